The van der Waals surface area contributed by atoms with Crippen molar-refractivity contribution < 1.29 is 0 Å². The zero-order valence-corrected chi connectivity index (χ0v) is 16.0. The molecule has 0 atom stereocenters. The summed E-state index contributed by atoms with van der Waals surface area (Å²) in [6.45, 7) is 16.8. The Bertz CT molecular complexity index is 405. The lowest BCUT2D eigenvalue weighted by Gasteiger charge is -2.35. The van der Waals surface area contributed by atoms with Crippen LogP contribution < -0.4 is 4.90 Å². The molecule has 1 fully saturated rings. The van der Waals surface area contributed by atoms with E-state index in [1.807, 2.05) is 20.0 Å². The molecule has 0 unspecified atom stereocenters. The van der Waals surface area contributed by atoms with Gasteiger partial charge in [-0.1, -0.05) is 27.7 Å². The van der Waals surface area contributed by atoms with E-state index >= 15 is 0 Å². The van der Waals surface area contributed by atoms with Gasteiger partial charge in [0.1, 0.15) is 5.82 Å². The zero-order valence-electron chi connectivity index (χ0n) is 16.0. The van der Waals surface area contributed by atoms with Crippen molar-refractivity contribution in [2.45, 2.75) is 60.3 Å². The van der Waals surface area contributed by atoms with Crippen molar-refractivity contribution in [3.8, 4) is 0 Å². The second kappa shape index (κ2) is 11.4. The molecule has 2 heterocycles. The molecule has 1 aliphatic heterocycles. The molecule has 0 N–H and O–H groups in total. The van der Waals surface area contributed by atoms with Crippen molar-refractivity contribution in [1.82, 2.24) is 9.88 Å². The third kappa shape index (κ3) is 6.90. The van der Waals surface area contributed by atoms with Gasteiger partial charge in [-0.25, -0.2) is 4.98 Å². The number of pyridine rings is 1. The molecule has 1 aliphatic rings. The number of rotatable bonds is 7. The first kappa shape index (κ1) is 20.0. The van der Waals surface area contributed by atoms with E-state index in [-0.39, 0.29) is 0 Å². The number of nitrogens with zero attached hydrogens (tertiary/aromatic N) is 3. The van der Waals surface area contributed by atoms with Crippen molar-refractivity contribution in [1.29, 1.82) is 0 Å². The van der Waals surface area contributed by atoms with Crippen LogP contribution in [-0.2, 0) is 0 Å². The van der Waals surface area contributed by atoms with Gasteiger partial charge in [-0.15, -0.1) is 0 Å². The first-order valence-corrected chi connectivity index (χ1v) is 9.62. The molecular formula is C20H37N3. The summed E-state index contributed by atoms with van der Waals surface area (Å²) in [5.74, 6) is 2.02. The molecule has 0 aliphatic carbocycles. The molecule has 1 saturated heterocycles. The average molecular weight is 320 g/mol. The highest BCUT2D eigenvalue weighted by molar-refractivity contribution is 5.40. The van der Waals surface area contributed by atoms with Crippen molar-refractivity contribution in [3.63, 3.8) is 0 Å². The molecule has 0 radical (unpaired) electrons. The second-order valence-electron chi connectivity index (χ2n) is 6.42. The number of hydrogen-bond donors (Lipinski definition) is 0. The maximum absolute atomic E-state index is 4.52. The first-order valence-electron chi connectivity index (χ1n) is 9.62. The Balaban J connectivity index is 0.00000127. The van der Waals surface area contributed by atoms with E-state index in [0.717, 1.165) is 24.8 Å². The maximum Gasteiger partial charge on any atom is 0.128 e. The van der Waals surface area contributed by atoms with Crippen molar-refractivity contribution in [3.05, 3.63) is 23.9 Å². The zero-order chi connectivity index (χ0) is 17.1. The van der Waals surface area contributed by atoms with Crippen LogP contribution in [0, 0.1) is 12.8 Å². The van der Waals surface area contributed by atoms with E-state index in [1.165, 1.54) is 50.9 Å². The van der Waals surface area contributed by atoms with Gasteiger partial charge < -0.3 is 9.80 Å². The summed E-state index contributed by atoms with van der Waals surface area (Å²) in [6.07, 6.45) is 7.08. The third-order valence-corrected chi connectivity index (χ3v) is 4.44. The Morgan fingerprint density at radius 3 is 2.26 bits per heavy atom. The summed E-state index contributed by atoms with van der Waals surface area (Å²) < 4.78 is 0. The van der Waals surface area contributed by atoms with Crippen LogP contribution >= 0.6 is 0 Å². The number of hydrogen-bond acceptors (Lipinski definition) is 3. The van der Waals surface area contributed by atoms with E-state index in [0.29, 0.717) is 0 Å². The topological polar surface area (TPSA) is 19.4 Å². The third-order valence-electron chi connectivity index (χ3n) is 4.44. The summed E-state index contributed by atoms with van der Waals surface area (Å²) >= 11 is 0. The van der Waals surface area contributed by atoms with Crippen LogP contribution in [0.25, 0.3) is 0 Å². The molecule has 132 valence electrons. The monoisotopic (exact) mass is 319 g/mol. The first-order chi connectivity index (χ1) is 11.2. The Labute approximate surface area is 144 Å². The summed E-state index contributed by atoms with van der Waals surface area (Å²) in [4.78, 5) is 9.63. The largest absolute Gasteiger partial charge is 0.357 e. The lowest BCUT2D eigenvalue weighted by Crippen LogP contribution is -2.39. The SMILES string of the molecule is CC.CCCN(CCC)CC1CCN(c2cc(C)ccn2)CC1. The van der Waals surface area contributed by atoms with Crippen LogP contribution in [0.1, 0.15) is 58.9 Å². The highest BCUT2D eigenvalue weighted by Crippen LogP contribution is 2.23. The van der Waals surface area contributed by atoms with E-state index in [1.54, 1.807) is 0 Å². The molecule has 23 heavy (non-hydrogen) atoms. The standard InChI is InChI=1S/C18H31N3.C2H6/c1-4-10-20(11-5-2)15-17-7-12-21(13-8-17)18-14-16(3)6-9-19-18;1-2/h6,9,14,17H,4-5,7-8,10-13,15H2,1-3H3;1-2H3. The molecule has 2 rings (SSSR count). The molecule has 0 saturated carbocycles. The molecule has 3 heteroatoms. The maximum atomic E-state index is 4.52. The fourth-order valence-corrected chi connectivity index (χ4v) is 3.33. The average Bonchev–Trinajstić information content (AvgIpc) is 2.58. The quantitative estimate of drug-likeness (QED) is 0.722. The Hall–Kier alpha value is -1.09. The lowest BCUT2D eigenvalue weighted by molar-refractivity contribution is 0.211. The lowest BCUT2D eigenvalue weighted by atomic mass is 9.96. The Morgan fingerprint density at radius 1 is 1.13 bits per heavy atom. The van der Waals surface area contributed by atoms with Gasteiger partial charge in [0.15, 0.2) is 0 Å². The van der Waals surface area contributed by atoms with Crippen LogP contribution in [0.15, 0.2) is 18.3 Å². The molecule has 3 nitrogen and oxygen atoms in total. The van der Waals surface area contributed by atoms with Gasteiger partial charge >= 0.3 is 0 Å². The Kier molecular flexibility index (Phi) is 9.93. The molecule has 0 amide bonds. The number of anilines is 1. The van der Waals surface area contributed by atoms with Gasteiger partial charge in [0.25, 0.3) is 0 Å². The minimum atomic E-state index is 0.865. The highest BCUT2D eigenvalue weighted by Gasteiger charge is 2.21. The summed E-state index contributed by atoms with van der Waals surface area (Å²) in [7, 11) is 0. The molecule has 0 bridgehead atoms. The summed E-state index contributed by atoms with van der Waals surface area (Å²) in [5, 5.41) is 0. The van der Waals surface area contributed by atoms with Crippen LogP contribution in [0.5, 0.6) is 0 Å². The fraction of sp³-hybridized carbons (Fsp3) is 0.750. The van der Waals surface area contributed by atoms with E-state index < -0.39 is 0 Å². The number of aryl methyl sites for hydroxylation is 1. The van der Waals surface area contributed by atoms with Gasteiger partial charge in [-0.3, -0.25) is 0 Å². The predicted octanol–water partition coefficient (Wildman–Crippen LogP) is 4.75. The smallest absolute Gasteiger partial charge is 0.128 e. The van der Waals surface area contributed by atoms with Crippen molar-refractivity contribution in [2.75, 3.05) is 37.6 Å². The fourth-order valence-electron chi connectivity index (χ4n) is 3.33. The highest BCUT2D eigenvalue weighted by atomic mass is 15.2. The van der Waals surface area contributed by atoms with Crippen molar-refractivity contribution in [2.24, 2.45) is 5.92 Å². The molecule has 0 spiro atoms. The normalized spacial score (nSPS) is 15.5. The van der Waals surface area contributed by atoms with Crippen LogP contribution in [-0.4, -0.2) is 42.6 Å². The van der Waals surface area contributed by atoms with E-state index in [4.69, 9.17) is 0 Å². The molecule has 1 aromatic rings. The minimum Gasteiger partial charge on any atom is -0.357 e. The molecule has 0 aromatic carbocycles. The van der Waals surface area contributed by atoms with Gasteiger partial charge in [0, 0.05) is 25.8 Å². The Morgan fingerprint density at radius 2 is 1.74 bits per heavy atom. The van der Waals surface area contributed by atoms with Gasteiger partial charge in [0.05, 0.1) is 0 Å². The van der Waals surface area contributed by atoms with Gasteiger partial charge in [0.2, 0.25) is 0 Å². The minimum absolute atomic E-state index is 0.865. The van der Waals surface area contributed by atoms with E-state index in [9.17, 15) is 0 Å². The molecular weight excluding hydrogens is 282 g/mol. The van der Waals surface area contributed by atoms with Crippen LogP contribution in [0.3, 0.4) is 0 Å². The van der Waals surface area contributed by atoms with Crippen molar-refractivity contribution >= 4 is 5.82 Å². The van der Waals surface area contributed by atoms with Gasteiger partial charge in [-0.05, 0) is 69.3 Å². The van der Waals surface area contributed by atoms with Gasteiger partial charge in [-0.2, -0.15) is 0 Å². The van der Waals surface area contributed by atoms with Crippen LogP contribution in [0.4, 0.5) is 5.82 Å². The number of aromatic nitrogens is 1. The summed E-state index contributed by atoms with van der Waals surface area (Å²) in [5.41, 5.74) is 1.30. The molecule has 1 aromatic heterocycles. The number of piperidine rings is 1. The second-order valence-corrected chi connectivity index (χ2v) is 6.42. The van der Waals surface area contributed by atoms with E-state index in [2.05, 4.69) is 47.7 Å². The summed E-state index contributed by atoms with van der Waals surface area (Å²) in [6, 6.07) is 4.28. The predicted molar refractivity (Wildman–Crippen MR) is 102 cm³/mol. The van der Waals surface area contributed by atoms with Crippen LogP contribution in [0.2, 0.25) is 0 Å².